The smallest absolute Gasteiger partial charge is 0.295 e. The summed E-state index contributed by atoms with van der Waals surface area (Å²) < 4.78 is 3.56. The monoisotopic (exact) mass is 324 g/mol. The summed E-state index contributed by atoms with van der Waals surface area (Å²) in [5.74, 6) is 0. The van der Waals surface area contributed by atoms with Crippen LogP contribution in [0, 0.1) is 6.92 Å². The Morgan fingerprint density at radius 3 is 2.04 bits per heavy atom. The zero-order chi connectivity index (χ0) is 15.2. The molecule has 1 heterocycles. The van der Waals surface area contributed by atoms with Crippen LogP contribution >= 0.6 is 0 Å². The summed E-state index contributed by atoms with van der Waals surface area (Å²) in [6.45, 7) is 2.00. The van der Waals surface area contributed by atoms with Gasteiger partial charge in [0.15, 0.2) is 11.9 Å². The SMILES string of the molecule is Cc1c[n+](/N=C/c2ccccc2)cn1/N=C/c1ccccc1.[Cl-]. The van der Waals surface area contributed by atoms with Gasteiger partial charge in [0.2, 0.25) is 0 Å². The summed E-state index contributed by atoms with van der Waals surface area (Å²) in [5.41, 5.74) is 3.14. The Morgan fingerprint density at radius 1 is 0.870 bits per heavy atom. The highest BCUT2D eigenvalue weighted by molar-refractivity contribution is 5.79. The van der Waals surface area contributed by atoms with Gasteiger partial charge in [-0.15, -0.1) is 9.35 Å². The molecule has 0 amide bonds. The predicted molar refractivity (Wildman–Crippen MR) is 88.2 cm³/mol. The van der Waals surface area contributed by atoms with E-state index in [9.17, 15) is 0 Å². The normalized spacial score (nSPS) is 11.0. The van der Waals surface area contributed by atoms with Crippen LogP contribution in [0.4, 0.5) is 0 Å². The topological polar surface area (TPSA) is 33.5 Å². The highest BCUT2D eigenvalue weighted by atomic mass is 35.5. The summed E-state index contributed by atoms with van der Waals surface area (Å²) in [7, 11) is 0. The molecule has 0 aliphatic carbocycles. The second-order valence-electron chi connectivity index (χ2n) is 4.92. The lowest BCUT2D eigenvalue weighted by Gasteiger charge is -1.89. The summed E-state index contributed by atoms with van der Waals surface area (Å²) >= 11 is 0. The van der Waals surface area contributed by atoms with E-state index in [1.54, 1.807) is 9.35 Å². The van der Waals surface area contributed by atoms with Crippen LogP contribution in [0.25, 0.3) is 0 Å². The maximum Gasteiger partial charge on any atom is 0.295 e. The van der Waals surface area contributed by atoms with Gasteiger partial charge in [-0.2, -0.15) is 0 Å². The van der Waals surface area contributed by atoms with Gasteiger partial charge in [0.05, 0.1) is 12.4 Å². The van der Waals surface area contributed by atoms with Gasteiger partial charge in [0.1, 0.15) is 0 Å². The third-order valence-corrected chi connectivity index (χ3v) is 3.18. The summed E-state index contributed by atoms with van der Waals surface area (Å²) in [4.78, 5) is 0. The molecular formula is C18H17ClN4. The molecule has 2 aromatic carbocycles. The van der Waals surface area contributed by atoms with Crippen LogP contribution in [-0.4, -0.2) is 17.1 Å². The van der Waals surface area contributed by atoms with Gasteiger partial charge in [0, 0.05) is 6.92 Å². The molecule has 0 aliphatic heterocycles. The minimum atomic E-state index is 0. The van der Waals surface area contributed by atoms with Gasteiger partial charge in [-0.3, -0.25) is 0 Å². The molecule has 116 valence electrons. The Morgan fingerprint density at radius 2 is 1.43 bits per heavy atom. The van der Waals surface area contributed by atoms with Crippen molar-refractivity contribution >= 4 is 12.4 Å². The van der Waals surface area contributed by atoms with Gasteiger partial charge in [-0.25, -0.2) is 0 Å². The lowest BCUT2D eigenvalue weighted by Crippen LogP contribution is -3.00. The van der Waals surface area contributed by atoms with E-state index in [1.807, 2.05) is 92.5 Å². The predicted octanol–water partition coefficient (Wildman–Crippen LogP) is -0.148. The fourth-order valence-corrected chi connectivity index (χ4v) is 2.01. The standard InChI is InChI=1S/C18H17N4.ClH/c1-16-14-21(19-12-17-8-4-2-5-9-17)15-22(16)20-13-18-10-6-3-7-11-18;/h2-15H,1H3;1H/q+1;/p-1/b19-12+,20-13+;. The number of imidazole rings is 1. The average molecular weight is 325 g/mol. The molecule has 0 bridgehead atoms. The van der Waals surface area contributed by atoms with Crippen molar-refractivity contribution in [2.24, 2.45) is 10.2 Å². The van der Waals surface area contributed by atoms with Gasteiger partial charge in [0.25, 0.3) is 6.33 Å². The molecule has 0 unspecified atom stereocenters. The van der Waals surface area contributed by atoms with E-state index in [2.05, 4.69) is 10.2 Å². The van der Waals surface area contributed by atoms with Crippen molar-refractivity contribution in [3.63, 3.8) is 0 Å². The molecule has 0 spiro atoms. The van der Waals surface area contributed by atoms with Crippen molar-refractivity contribution in [2.45, 2.75) is 6.92 Å². The highest BCUT2D eigenvalue weighted by Crippen LogP contribution is 1.98. The van der Waals surface area contributed by atoms with E-state index in [-0.39, 0.29) is 12.4 Å². The van der Waals surface area contributed by atoms with Crippen LogP contribution in [0.1, 0.15) is 16.8 Å². The Labute approximate surface area is 141 Å². The van der Waals surface area contributed by atoms with E-state index < -0.39 is 0 Å². The number of halogens is 1. The van der Waals surface area contributed by atoms with Crippen LogP contribution in [-0.2, 0) is 0 Å². The minimum Gasteiger partial charge on any atom is -1.00 e. The number of rotatable bonds is 4. The molecular weight excluding hydrogens is 308 g/mol. The maximum absolute atomic E-state index is 4.45. The van der Waals surface area contributed by atoms with Crippen molar-refractivity contribution in [1.29, 1.82) is 0 Å². The van der Waals surface area contributed by atoms with Crippen molar-refractivity contribution in [3.05, 3.63) is 90.0 Å². The Kier molecular flexibility index (Phi) is 5.83. The number of aryl methyl sites for hydroxylation is 1. The number of hydrogen-bond acceptors (Lipinski definition) is 2. The van der Waals surface area contributed by atoms with Crippen LogP contribution in [0.3, 0.4) is 0 Å². The van der Waals surface area contributed by atoms with Crippen molar-refractivity contribution in [2.75, 3.05) is 0 Å². The molecule has 3 rings (SSSR count). The van der Waals surface area contributed by atoms with E-state index >= 15 is 0 Å². The quantitative estimate of drug-likeness (QED) is 0.473. The zero-order valence-electron chi connectivity index (χ0n) is 12.7. The first-order chi connectivity index (χ1) is 10.8. The Balaban J connectivity index is 0.00000192. The number of benzene rings is 2. The van der Waals surface area contributed by atoms with Crippen LogP contribution in [0.2, 0.25) is 0 Å². The Bertz CT molecular complexity index is 792. The lowest BCUT2D eigenvalue weighted by atomic mass is 10.2. The first-order valence-corrected chi connectivity index (χ1v) is 7.10. The van der Waals surface area contributed by atoms with Crippen LogP contribution in [0.5, 0.6) is 0 Å². The molecule has 1 aromatic heterocycles. The molecule has 0 atom stereocenters. The molecule has 23 heavy (non-hydrogen) atoms. The minimum absolute atomic E-state index is 0. The lowest BCUT2D eigenvalue weighted by molar-refractivity contribution is -0.677. The van der Waals surface area contributed by atoms with Crippen LogP contribution < -0.4 is 17.1 Å². The van der Waals surface area contributed by atoms with Crippen LogP contribution in [0.15, 0.2) is 83.4 Å². The molecule has 0 saturated heterocycles. The van der Waals surface area contributed by atoms with Gasteiger partial charge in [-0.05, 0) is 11.1 Å². The molecule has 0 N–H and O–H groups in total. The molecule has 4 nitrogen and oxygen atoms in total. The van der Waals surface area contributed by atoms with E-state index in [4.69, 9.17) is 0 Å². The largest absolute Gasteiger partial charge is 1.00 e. The second-order valence-corrected chi connectivity index (χ2v) is 4.92. The molecule has 0 fully saturated rings. The first kappa shape index (κ1) is 16.6. The highest BCUT2D eigenvalue weighted by Gasteiger charge is 2.07. The average Bonchev–Trinajstić information content (AvgIpc) is 2.93. The van der Waals surface area contributed by atoms with E-state index in [0.717, 1.165) is 16.8 Å². The maximum atomic E-state index is 4.45. The summed E-state index contributed by atoms with van der Waals surface area (Å²) in [6.07, 6.45) is 7.43. The molecule has 3 aromatic rings. The van der Waals surface area contributed by atoms with Crippen molar-refractivity contribution in [3.8, 4) is 0 Å². The Hall–Kier alpha value is -2.72. The zero-order valence-corrected chi connectivity index (χ0v) is 13.5. The summed E-state index contributed by atoms with van der Waals surface area (Å²) in [5, 5.41) is 8.86. The molecule has 0 radical (unpaired) electrons. The van der Waals surface area contributed by atoms with Crippen molar-refractivity contribution in [1.82, 2.24) is 4.68 Å². The number of nitrogens with zero attached hydrogens (tertiary/aromatic N) is 4. The van der Waals surface area contributed by atoms with E-state index in [0.29, 0.717) is 0 Å². The molecule has 0 saturated carbocycles. The second kappa shape index (κ2) is 8.06. The van der Waals surface area contributed by atoms with Gasteiger partial charge < -0.3 is 12.4 Å². The third-order valence-electron chi connectivity index (χ3n) is 3.18. The first-order valence-electron chi connectivity index (χ1n) is 7.10. The third kappa shape index (κ3) is 4.63. The van der Waals surface area contributed by atoms with Gasteiger partial charge in [-0.1, -0.05) is 70.9 Å². The number of aromatic nitrogens is 2. The molecule has 5 heteroatoms. The summed E-state index contributed by atoms with van der Waals surface area (Å²) in [6, 6.07) is 20.0. The fraction of sp³-hybridized carbons (Fsp3) is 0.0556. The number of hydrogen-bond donors (Lipinski definition) is 0. The van der Waals surface area contributed by atoms with Gasteiger partial charge >= 0.3 is 0 Å². The molecule has 0 aliphatic rings. The van der Waals surface area contributed by atoms with Crippen molar-refractivity contribution < 1.29 is 17.1 Å². The van der Waals surface area contributed by atoms with E-state index in [1.165, 1.54) is 0 Å². The fourth-order valence-electron chi connectivity index (χ4n) is 2.01.